The van der Waals surface area contributed by atoms with Gasteiger partial charge in [0, 0.05) is 17.4 Å². The molecule has 172 valence electrons. The molecule has 0 radical (unpaired) electrons. The third-order valence-electron chi connectivity index (χ3n) is 5.14. The molecule has 8 nitrogen and oxygen atoms in total. The van der Waals surface area contributed by atoms with E-state index in [1.54, 1.807) is 18.3 Å². The van der Waals surface area contributed by atoms with Crippen LogP contribution in [0.2, 0.25) is 0 Å². The summed E-state index contributed by atoms with van der Waals surface area (Å²) in [6.45, 7) is 4.33. The minimum atomic E-state index is -0.383. The quantitative estimate of drug-likeness (QED) is 0.417. The molecule has 0 aliphatic rings. The summed E-state index contributed by atoms with van der Waals surface area (Å²) >= 11 is 0. The van der Waals surface area contributed by atoms with Gasteiger partial charge in [0.05, 0.1) is 33.6 Å². The number of aliphatic imine (C=N–C) groups is 1. The van der Waals surface area contributed by atoms with Crippen molar-refractivity contribution in [2.75, 3.05) is 26.6 Å². The average molecular weight is 449 g/mol. The molecule has 0 fully saturated rings. The molecule has 0 spiro atoms. The van der Waals surface area contributed by atoms with E-state index < -0.39 is 0 Å². The largest absolute Gasteiger partial charge is 0.493 e. The molecule has 8 heteroatoms. The Morgan fingerprint density at radius 3 is 2.30 bits per heavy atom. The summed E-state index contributed by atoms with van der Waals surface area (Å²) in [5, 5.41) is 6.10. The zero-order valence-electron chi connectivity index (χ0n) is 19.4. The Labute approximate surface area is 193 Å². The number of nitrogens with zero attached hydrogens (tertiary/aromatic N) is 2. The smallest absolute Gasteiger partial charge is 0.258 e. The molecule has 0 aliphatic heterocycles. The van der Waals surface area contributed by atoms with Crippen molar-refractivity contribution in [2.24, 2.45) is 4.99 Å². The first-order chi connectivity index (χ1) is 16.0. The van der Waals surface area contributed by atoms with Crippen molar-refractivity contribution in [1.29, 1.82) is 0 Å². The van der Waals surface area contributed by atoms with Gasteiger partial charge in [-0.15, -0.1) is 0 Å². The van der Waals surface area contributed by atoms with Crippen molar-refractivity contribution in [1.82, 2.24) is 10.3 Å². The van der Waals surface area contributed by atoms with Crippen molar-refractivity contribution in [3.8, 4) is 17.2 Å². The van der Waals surface area contributed by atoms with Crippen LogP contribution >= 0.6 is 0 Å². The number of carbonyl (C=O) groups excluding carboxylic acids is 1. The summed E-state index contributed by atoms with van der Waals surface area (Å²) in [6, 6.07) is 14.7. The number of rotatable bonds is 7. The second kappa shape index (κ2) is 11.0. The Morgan fingerprint density at radius 1 is 0.970 bits per heavy atom. The third kappa shape index (κ3) is 5.79. The molecule has 0 atom stereocenters. The zero-order chi connectivity index (χ0) is 23.8. The van der Waals surface area contributed by atoms with Gasteiger partial charge in [-0.2, -0.15) is 0 Å². The summed E-state index contributed by atoms with van der Waals surface area (Å²) in [7, 11) is 4.51. The molecular weight excluding hydrogens is 420 g/mol. The van der Waals surface area contributed by atoms with Crippen LogP contribution in [0, 0.1) is 13.8 Å². The molecule has 3 aromatic rings. The lowest BCUT2D eigenvalue weighted by Crippen LogP contribution is -2.36. The Bertz CT molecular complexity index is 1120. The second-order valence-corrected chi connectivity index (χ2v) is 7.23. The highest BCUT2D eigenvalue weighted by atomic mass is 16.5. The van der Waals surface area contributed by atoms with Gasteiger partial charge in [-0.3, -0.25) is 15.1 Å². The van der Waals surface area contributed by atoms with E-state index in [2.05, 4.69) is 20.6 Å². The summed E-state index contributed by atoms with van der Waals surface area (Å²) in [5.41, 5.74) is 4.14. The van der Waals surface area contributed by atoms with Crippen LogP contribution < -0.4 is 24.8 Å². The van der Waals surface area contributed by atoms with Gasteiger partial charge in [-0.05, 0) is 55.3 Å². The monoisotopic (exact) mass is 448 g/mol. The predicted octanol–water partition coefficient (Wildman–Crippen LogP) is 4.12. The van der Waals surface area contributed by atoms with Crippen LogP contribution in [0.25, 0.3) is 0 Å². The minimum absolute atomic E-state index is 0.295. The fraction of sp³-hybridized carbons (Fsp3) is 0.240. The Morgan fingerprint density at radius 2 is 1.70 bits per heavy atom. The average Bonchev–Trinajstić information content (AvgIpc) is 2.84. The molecule has 33 heavy (non-hydrogen) atoms. The Kier molecular flexibility index (Phi) is 7.86. The topological polar surface area (TPSA) is 94.1 Å². The standard InChI is InChI=1S/C25H28N4O4/c1-16-9-8-11-20(17(16)2)28-25(27-15-19-10-6-7-12-26-19)29-24(30)18-13-21(31-3)23(33-5)22(14-18)32-4/h6-14H,15H2,1-5H3,(H2,27,28,29,30). The van der Waals surface area contributed by atoms with E-state index in [4.69, 9.17) is 14.2 Å². The number of methoxy groups -OCH3 is 3. The van der Waals surface area contributed by atoms with E-state index >= 15 is 0 Å². The maximum Gasteiger partial charge on any atom is 0.258 e. The molecule has 1 heterocycles. The maximum absolute atomic E-state index is 13.1. The number of nitrogens with one attached hydrogen (secondary N) is 2. The first kappa shape index (κ1) is 23.6. The van der Waals surface area contributed by atoms with Gasteiger partial charge in [0.15, 0.2) is 11.5 Å². The van der Waals surface area contributed by atoms with Crippen molar-refractivity contribution < 1.29 is 19.0 Å². The number of carbonyl (C=O) groups is 1. The van der Waals surface area contributed by atoms with Gasteiger partial charge >= 0.3 is 0 Å². The molecule has 0 saturated carbocycles. The van der Waals surface area contributed by atoms with E-state index in [1.165, 1.54) is 21.3 Å². The fourth-order valence-corrected chi connectivity index (χ4v) is 3.17. The van der Waals surface area contributed by atoms with Crippen molar-refractivity contribution in [3.63, 3.8) is 0 Å². The lowest BCUT2D eigenvalue weighted by Gasteiger charge is -2.16. The molecule has 0 bridgehead atoms. The van der Waals surface area contributed by atoms with Crippen LogP contribution in [0.15, 0.2) is 59.7 Å². The highest BCUT2D eigenvalue weighted by Gasteiger charge is 2.18. The number of hydrogen-bond donors (Lipinski definition) is 2. The van der Waals surface area contributed by atoms with Crippen LogP contribution in [0.3, 0.4) is 0 Å². The molecule has 0 aliphatic carbocycles. The number of aryl methyl sites for hydroxylation is 1. The van der Waals surface area contributed by atoms with Gasteiger partial charge in [0.25, 0.3) is 5.91 Å². The van der Waals surface area contributed by atoms with E-state index in [0.717, 1.165) is 22.5 Å². The van der Waals surface area contributed by atoms with E-state index in [0.29, 0.717) is 35.3 Å². The molecule has 2 aromatic carbocycles. The zero-order valence-corrected chi connectivity index (χ0v) is 19.4. The summed E-state index contributed by atoms with van der Waals surface area (Å²) < 4.78 is 16.1. The molecule has 0 unspecified atom stereocenters. The van der Waals surface area contributed by atoms with Crippen LogP contribution in [0.1, 0.15) is 27.2 Å². The number of aromatic nitrogens is 1. The van der Waals surface area contributed by atoms with Crippen molar-refractivity contribution in [2.45, 2.75) is 20.4 Å². The number of amides is 1. The van der Waals surface area contributed by atoms with Crippen LogP contribution in [-0.2, 0) is 6.54 Å². The first-order valence-electron chi connectivity index (χ1n) is 10.4. The highest BCUT2D eigenvalue weighted by molar-refractivity contribution is 6.10. The molecular formula is C25H28N4O4. The van der Waals surface area contributed by atoms with Gasteiger partial charge in [-0.25, -0.2) is 4.99 Å². The number of ether oxygens (including phenoxy) is 3. The van der Waals surface area contributed by atoms with Gasteiger partial charge in [-0.1, -0.05) is 18.2 Å². The first-order valence-corrected chi connectivity index (χ1v) is 10.4. The normalized spacial score (nSPS) is 11.0. The van der Waals surface area contributed by atoms with Crippen LogP contribution in [0.4, 0.5) is 5.69 Å². The van der Waals surface area contributed by atoms with Crippen molar-refractivity contribution in [3.05, 3.63) is 77.1 Å². The number of benzene rings is 2. The van der Waals surface area contributed by atoms with Crippen LogP contribution in [-0.4, -0.2) is 38.2 Å². The van der Waals surface area contributed by atoms with Gasteiger partial charge in [0.1, 0.15) is 0 Å². The third-order valence-corrected chi connectivity index (χ3v) is 5.14. The number of anilines is 1. The molecule has 0 saturated heterocycles. The van der Waals surface area contributed by atoms with Gasteiger partial charge < -0.3 is 19.5 Å². The minimum Gasteiger partial charge on any atom is -0.493 e. The van der Waals surface area contributed by atoms with Crippen molar-refractivity contribution >= 4 is 17.6 Å². The fourth-order valence-electron chi connectivity index (χ4n) is 3.17. The molecule has 1 amide bonds. The summed E-state index contributed by atoms with van der Waals surface area (Å²) in [6.07, 6.45) is 1.71. The number of guanidine groups is 1. The second-order valence-electron chi connectivity index (χ2n) is 7.23. The van der Waals surface area contributed by atoms with Gasteiger partial charge in [0.2, 0.25) is 11.7 Å². The predicted molar refractivity (Wildman–Crippen MR) is 128 cm³/mol. The van der Waals surface area contributed by atoms with E-state index in [-0.39, 0.29) is 5.91 Å². The molecule has 2 N–H and O–H groups in total. The van der Waals surface area contributed by atoms with E-state index in [1.807, 2.05) is 50.2 Å². The highest BCUT2D eigenvalue weighted by Crippen LogP contribution is 2.38. The van der Waals surface area contributed by atoms with Crippen LogP contribution in [0.5, 0.6) is 17.2 Å². The van der Waals surface area contributed by atoms with E-state index in [9.17, 15) is 4.79 Å². The molecule has 3 rings (SSSR count). The lowest BCUT2D eigenvalue weighted by atomic mass is 10.1. The number of pyridine rings is 1. The summed E-state index contributed by atoms with van der Waals surface area (Å²) in [4.78, 5) is 22.0. The Hall–Kier alpha value is -4.07. The molecule has 1 aromatic heterocycles. The summed E-state index contributed by atoms with van der Waals surface area (Å²) in [5.74, 6) is 1.10. The number of hydrogen-bond acceptors (Lipinski definition) is 6. The Balaban J connectivity index is 1.92. The lowest BCUT2D eigenvalue weighted by molar-refractivity contribution is 0.0976. The maximum atomic E-state index is 13.1. The SMILES string of the molecule is COc1cc(C(=O)NC(=NCc2ccccn2)Nc2cccc(C)c2C)cc(OC)c1OC.